The largest absolute Gasteiger partial charge is 0.459 e. The SMILES string of the molecule is C=CCC/C=C/Oc1c(-c2ccc(S(C)(=O)=O)cc2)cnn(-c2ccc(F)cc2)c1=O. The Morgan fingerprint density at radius 2 is 1.77 bits per heavy atom. The highest BCUT2D eigenvalue weighted by Crippen LogP contribution is 2.28. The molecular weight excluding hydrogens is 419 g/mol. The van der Waals surface area contributed by atoms with Crippen molar-refractivity contribution >= 4 is 9.84 Å². The molecule has 160 valence electrons. The lowest BCUT2D eigenvalue weighted by Crippen LogP contribution is -2.22. The molecule has 0 aliphatic rings. The standard InChI is InChI=1S/C23H21FN2O4S/c1-3-4-5-6-15-30-22-21(17-7-13-20(14-8-17)31(2,28)29)16-25-26(23(22)27)19-11-9-18(24)10-12-19/h3,6-16H,1,4-5H2,2H3/b15-6+. The number of nitrogens with zero attached hydrogens (tertiary/aromatic N) is 2. The quantitative estimate of drug-likeness (QED) is 0.296. The summed E-state index contributed by atoms with van der Waals surface area (Å²) in [6, 6.07) is 11.4. The highest BCUT2D eigenvalue weighted by molar-refractivity contribution is 7.90. The lowest BCUT2D eigenvalue weighted by atomic mass is 10.1. The Morgan fingerprint density at radius 1 is 1.10 bits per heavy atom. The normalized spacial score (nSPS) is 11.5. The fourth-order valence-corrected chi connectivity index (χ4v) is 3.43. The second-order valence-corrected chi connectivity index (χ2v) is 8.75. The highest BCUT2D eigenvalue weighted by atomic mass is 32.2. The van der Waals surface area contributed by atoms with Crippen molar-refractivity contribution in [2.45, 2.75) is 17.7 Å². The van der Waals surface area contributed by atoms with Gasteiger partial charge in [-0.25, -0.2) is 12.8 Å². The first-order chi connectivity index (χ1) is 14.8. The molecule has 0 spiro atoms. The fraction of sp³-hybridized carbons (Fsp3) is 0.130. The minimum absolute atomic E-state index is 0.0151. The average Bonchev–Trinajstić information content (AvgIpc) is 2.75. The smallest absolute Gasteiger partial charge is 0.315 e. The third-order valence-electron chi connectivity index (χ3n) is 4.42. The van der Waals surface area contributed by atoms with Gasteiger partial charge < -0.3 is 4.74 Å². The molecule has 0 atom stereocenters. The van der Waals surface area contributed by atoms with Gasteiger partial charge in [0.25, 0.3) is 0 Å². The predicted octanol–water partition coefficient (Wildman–Crippen LogP) is 4.30. The van der Waals surface area contributed by atoms with Crippen LogP contribution < -0.4 is 10.3 Å². The van der Waals surface area contributed by atoms with Crippen LogP contribution in [0.4, 0.5) is 4.39 Å². The number of hydrogen-bond acceptors (Lipinski definition) is 5. The van der Waals surface area contributed by atoms with Gasteiger partial charge in [-0.3, -0.25) is 4.79 Å². The molecule has 6 nitrogen and oxygen atoms in total. The first-order valence-electron chi connectivity index (χ1n) is 9.42. The predicted molar refractivity (Wildman–Crippen MR) is 118 cm³/mol. The van der Waals surface area contributed by atoms with Crippen molar-refractivity contribution in [3.05, 3.63) is 95.9 Å². The van der Waals surface area contributed by atoms with Crippen molar-refractivity contribution in [3.63, 3.8) is 0 Å². The van der Waals surface area contributed by atoms with Crippen LogP contribution in [0, 0.1) is 5.82 Å². The van der Waals surface area contributed by atoms with Gasteiger partial charge in [-0.1, -0.05) is 18.2 Å². The number of allylic oxidation sites excluding steroid dienone is 2. The van der Waals surface area contributed by atoms with E-state index < -0.39 is 21.2 Å². The number of sulfone groups is 1. The first-order valence-corrected chi connectivity index (χ1v) is 11.3. The van der Waals surface area contributed by atoms with E-state index in [4.69, 9.17) is 4.74 Å². The Balaban J connectivity index is 2.08. The molecule has 0 N–H and O–H groups in total. The molecule has 0 amide bonds. The number of aromatic nitrogens is 2. The van der Waals surface area contributed by atoms with E-state index in [0.717, 1.165) is 17.4 Å². The van der Waals surface area contributed by atoms with Crippen molar-refractivity contribution in [3.8, 4) is 22.6 Å². The number of hydrogen-bond donors (Lipinski definition) is 0. The second-order valence-electron chi connectivity index (χ2n) is 6.73. The van der Waals surface area contributed by atoms with Crippen molar-refractivity contribution < 1.29 is 17.5 Å². The molecule has 3 aromatic rings. The molecule has 0 radical (unpaired) electrons. The monoisotopic (exact) mass is 440 g/mol. The molecule has 0 fully saturated rings. The zero-order valence-electron chi connectivity index (χ0n) is 16.9. The van der Waals surface area contributed by atoms with Crippen molar-refractivity contribution in [1.29, 1.82) is 0 Å². The molecule has 2 aromatic carbocycles. The highest BCUT2D eigenvalue weighted by Gasteiger charge is 2.16. The van der Waals surface area contributed by atoms with Gasteiger partial charge in [-0.2, -0.15) is 9.78 Å². The van der Waals surface area contributed by atoms with Crippen LogP contribution in [0.25, 0.3) is 16.8 Å². The summed E-state index contributed by atoms with van der Waals surface area (Å²) in [7, 11) is -3.35. The molecule has 1 heterocycles. The van der Waals surface area contributed by atoms with E-state index in [0.29, 0.717) is 23.2 Å². The number of benzene rings is 2. The molecule has 0 unspecified atom stereocenters. The number of unbranched alkanes of at least 4 members (excludes halogenated alkanes) is 1. The van der Waals surface area contributed by atoms with Gasteiger partial charge >= 0.3 is 5.56 Å². The molecule has 31 heavy (non-hydrogen) atoms. The van der Waals surface area contributed by atoms with Crippen molar-refractivity contribution in [2.24, 2.45) is 0 Å². The molecule has 3 rings (SSSR count). The van der Waals surface area contributed by atoms with E-state index >= 15 is 0 Å². The summed E-state index contributed by atoms with van der Waals surface area (Å²) in [6.45, 7) is 3.65. The number of halogens is 1. The van der Waals surface area contributed by atoms with Gasteiger partial charge in [-0.15, -0.1) is 6.58 Å². The zero-order valence-corrected chi connectivity index (χ0v) is 17.7. The van der Waals surface area contributed by atoms with Gasteiger partial charge in [0.05, 0.1) is 28.6 Å². The van der Waals surface area contributed by atoms with Crippen LogP contribution in [0.15, 0.2) is 89.4 Å². The van der Waals surface area contributed by atoms with Crippen LogP contribution in [-0.4, -0.2) is 24.5 Å². The van der Waals surface area contributed by atoms with E-state index in [1.165, 1.54) is 48.9 Å². The summed E-state index contributed by atoms with van der Waals surface area (Å²) in [5, 5.41) is 4.19. The fourth-order valence-electron chi connectivity index (χ4n) is 2.80. The first kappa shape index (κ1) is 22.2. The van der Waals surface area contributed by atoms with E-state index in [1.54, 1.807) is 24.3 Å². The summed E-state index contributed by atoms with van der Waals surface area (Å²) >= 11 is 0. The van der Waals surface area contributed by atoms with Crippen LogP contribution in [-0.2, 0) is 9.84 Å². The molecule has 0 saturated carbocycles. The third kappa shape index (κ3) is 5.35. The Bertz CT molecular complexity index is 1260. The summed E-state index contributed by atoms with van der Waals surface area (Å²) in [4.78, 5) is 13.3. The molecule has 0 aliphatic carbocycles. The summed E-state index contributed by atoms with van der Waals surface area (Å²) in [5.74, 6) is -0.415. The van der Waals surface area contributed by atoms with Gasteiger partial charge in [0.1, 0.15) is 5.82 Å². The van der Waals surface area contributed by atoms with Gasteiger partial charge in [-0.05, 0) is 60.9 Å². The Labute approximate surface area is 179 Å². The molecule has 1 aromatic heterocycles. The minimum atomic E-state index is -3.35. The lowest BCUT2D eigenvalue weighted by molar-refractivity contribution is 0.466. The Morgan fingerprint density at radius 3 is 2.39 bits per heavy atom. The zero-order chi connectivity index (χ0) is 22.4. The lowest BCUT2D eigenvalue weighted by Gasteiger charge is -2.12. The second kappa shape index (κ2) is 9.53. The van der Waals surface area contributed by atoms with Gasteiger partial charge in [0.2, 0.25) is 5.75 Å². The van der Waals surface area contributed by atoms with Crippen LogP contribution >= 0.6 is 0 Å². The van der Waals surface area contributed by atoms with Crippen LogP contribution in [0.2, 0.25) is 0 Å². The van der Waals surface area contributed by atoms with E-state index in [9.17, 15) is 17.6 Å². The number of ether oxygens (including phenoxy) is 1. The van der Waals surface area contributed by atoms with Gasteiger partial charge in [0.15, 0.2) is 9.84 Å². The number of rotatable bonds is 8. The average molecular weight is 440 g/mol. The van der Waals surface area contributed by atoms with Crippen molar-refractivity contribution in [2.75, 3.05) is 6.26 Å². The molecule has 0 aliphatic heterocycles. The van der Waals surface area contributed by atoms with Crippen LogP contribution in [0.5, 0.6) is 5.75 Å². The summed E-state index contributed by atoms with van der Waals surface area (Å²) < 4.78 is 43.5. The molecule has 0 saturated heterocycles. The van der Waals surface area contributed by atoms with Crippen LogP contribution in [0.3, 0.4) is 0 Å². The van der Waals surface area contributed by atoms with E-state index in [1.807, 2.05) is 0 Å². The molecule has 8 heteroatoms. The molecular formula is C23H21FN2O4S. The van der Waals surface area contributed by atoms with Crippen LogP contribution in [0.1, 0.15) is 12.8 Å². The van der Waals surface area contributed by atoms with Gasteiger partial charge in [0, 0.05) is 6.26 Å². The Kier molecular flexibility index (Phi) is 6.81. The summed E-state index contributed by atoms with van der Waals surface area (Å²) in [6.07, 6.45) is 8.98. The minimum Gasteiger partial charge on any atom is -0.459 e. The van der Waals surface area contributed by atoms with Crippen molar-refractivity contribution in [1.82, 2.24) is 9.78 Å². The third-order valence-corrected chi connectivity index (χ3v) is 5.55. The molecule has 0 bridgehead atoms. The summed E-state index contributed by atoms with van der Waals surface area (Å²) in [5.41, 5.74) is 0.810. The van der Waals surface area contributed by atoms with E-state index in [-0.39, 0.29) is 10.6 Å². The maximum atomic E-state index is 13.3. The Hall–Kier alpha value is -3.52. The topological polar surface area (TPSA) is 78.3 Å². The maximum Gasteiger partial charge on any atom is 0.315 e. The van der Waals surface area contributed by atoms with E-state index in [2.05, 4.69) is 11.7 Å². The maximum absolute atomic E-state index is 13.3.